The van der Waals surface area contributed by atoms with Crippen molar-refractivity contribution in [3.8, 4) is 0 Å². The molecule has 0 aliphatic carbocycles. The number of carbonyl (C=O) groups is 1. The zero-order valence-electron chi connectivity index (χ0n) is 12.1. The predicted octanol–water partition coefficient (Wildman–Crippen LogP) is -3.82. The minimum atomic E-state index is -4.09. The molecule has 1 aliphatic rings. The summed E-state index contributed by atoms with van der Waals surface area (Å²) in [6, 6.07) is 0. The predicted molar refractivity (Wildman–Crippen MR) is 73.0 cm³/mol. The van der Waals surface area contributed by atoms with Gasteiger partial charge in [-0.3, -0.25) is 4.90 Å². The van der Waals surface area contributed by atoms with Crippen LogP contribution in [-0.4, -0.2) is 96.9 Å². The van der Waals surface area contributed by atoms with E-state index in [1.54, 1.807) is 0 Å². The number of aliphatic hydroxyl groups is 2. The molecule has 9 nitrogen and oxygen atoms in total. The average molecular weight is 328 g/mol. The number of carboxylic acids is 1. The normalized spacial score (nSPS) is 18.7. The molecule has 10 heteroatoms. The maximum Gasteiger partial charge on any atom is 0.332 e. The van der Waals surface area contributed by atoms with E-state index >= 15 is 0 Å². The fraction of sp³-hybridized carbons (Fsp3) is 0.909. The Balaban J connectivity index is 0.000000567. The van der Waals surface area contributed by atoms with Gasteiger partial charge in [0.05, 0.1) is 35.6 Å². The van der Waals surface area contributed by atoms with Crippen molar-refractivity contribution in [3.63, 3.8) is 0 Å². The standard InChI is InChI=1S/C8H18N2O4S.C3H6O3/c11-7-5-9-1-3-10(4-2-9)6-8-15(12,13)14;1-2(4)3(5)6/h11H,1-8H2,(H,12,13,14);2,4H,1H3,(H,5,6). The van der Waals surface area contributed by atoms with Gasteiger partial charge >= 0.3 is 5.97 Å². The highest BCUT2D eigenvalue weighted by atomic mass is 32.2. The molecule has 1 rings (SSSR count). The lowest BCUT2D eigenvalue weighted by Gasteiger charge is -2.31. The van der Waals surface area contributed by atoms with Gasteiger partial charge in [0.1, 0.15) is 12.6 Å². The van der Waals surface area contributed by atoms with Gasteiger partial charge in [-0.1, -0.05) is 0 Å². The molecule has 1 saturated heterocycles. The molecule has 1 atom stereocenters. The number of hydrogen-bond acceptors (Lipinski definition) is 7. The van der Waals surface area contributed by atoms with Crippen LogP contribution in [0.2, 0.25) is 0 Å². The van der Waals surface area contributed by atoms with Crippen molar-refractivity contribution in [2.75, 3.05) is 51.6 Å². The van der Waals surface area contributed by atoms with Crippen molar-refractivity contribution in [2.24, 2.45) is 0 Å². The molecule has 0 aromatic heterocycles. The first-order valence-corrected chi connectivity index (χ1v) is 8.24. The van der Waals surface area contributed by atoms with Crippen molar-refractivity contribution >= 4 is 16.1 Å². The van der Waals surface area contributed by atoms with Crippen LogP contribution in [0, 0.1) is 0 Å². The summed E-state index contributed by atoms with van der Waals surface area (Å²) in [6.45, 7) is 5.85. The number of nitrogens with one attached hydrogen (secondary N) is 1. The lowest BCUT2D eigenvalue weighted by atomic mass is 10.3. The van der Waals surface area contributed by atoms with Gasteiger partial charge < -0.3 is 24.8 Å². The minimum absolute atomic E-state index is 0.185. The van der Waals surface area contributed by atoms with Crippen LogP contribution in [0.15, 0.2) is 0 Å². The molecule has 0 saturated carbocycles. The van der Waals surface area contributed by atoms with E-state index in [4.69, 9.17) is 15.3 Å². The molecule has 1 aliphatic heterocycles. The first-order chi connectivity index (χ1) is 9.65. The fourth-order valence-electron chi connectivity index (χ4n) is 1.74. The van der Waals surface area contributed by atoms with Gasteiger partial charge in [-0.2, -0.15) is 0 Å². The van der Waals surface area contributed by atoms with Gasteiger partial charge in [0.2, 0.25) is 0 Å². The third kappa shape index (κ3) is 11.5. The number of piperazine rings is 1. The summed E-state index contributed by atoms with van der Waals surface area (Å²) in [6.07, 6.45) is -1.23. The quantitative estimate of drug-likeness (QED) is 0.363. The summed E-state index contributed by atoms with van der Waals surface area (Å²) in [5.41, 5.74) is 0. The van der Waals surface area contributed by atoms with Gasteiger partial charge in [0.15, 0.2) is 0 Å². The smallest absolute Gasteiger partial charge is 0.332 e. The average Bonchev–Trinajstić information content (AvgIpc) is 2.38. The lowest BCUT2D eigenvalue weighted by molar-refractivity contribution is -0.904. The van der Waals surface area contributed by atoms with Crippen LogP contribution >= 0.6 is 0 Å². The molecule has 4 N–H and O–H groups in total. The molecule has 0 radical (unpaired) electrons. The van der Waals surface area contributed by atoms with E-state index in [1.807, 2.05) is 4.90 Å². The summed E-state index contributed by atoms with van der Waals surface area (Å²) in [5.74, 6) is -1.49. The first-order valence-electron chi connectivity index (χ1n) is 6.67. The molecule has 1 unspecified atom stereocenters. The zero-order chi connectivity index (χ0) is 16.5. The molecular formula is C11H24N2O7S. The minimum Gasteiger partial charge on any atom is -0.748 e. The zero-order valence-corrected chi connectivity index (χ0v) is 12.9. The van der Waals surface area contributed by atoms with Crippen molar-refractivity contribution < 1.29 is 38.0 Å². The van der Waals surface area contributed by atoms with Crippen molar-refractivity contribution in [2.45, 2.75) is 13.0 Å². The number of rotatable bonds is 6. The van der Waals surface area contributed by atoms with Crippen LogP contribution in [0.5, 0.6) is 0 Å². The molecule has 0 bridgehead atoms. The Morgan fingerprint density at radius 1 is 1.38 bits per heavy atom. The number of aliphatic carboxylic acids is 1. The molecule has 0 aromatic rings. The third-order valence-electron chi connectivity index (χ3n) is 3.04. The number of quaternary nitrogens is 1. The Morgan fingerprint density at radius 2 is 1.86 bits per heavy atom. The lowest BCUT2D eigenvalue weighted by Crippen LogP contribution is -3.15. The summed E-state index contributed by atoms with van der Waals surface area (Å²) in [5, 5.41) is 24.5. The van der Waals surface area contributed by atoms with Gasteiger partial charge in [0.25, 0.3) is 0 Å². The summed E-state index contributed by atoms with van der Waals surface area (Å²) < 4.78 is 31.3. The van der Waals surface area contributed by atoms with E-state index < -0.39 is 22.2 Å². The Morgan fingerprint density at radius 3 is 2.19 bits per heavy atom. The molecule has 0 spiro atoms. The fourth-order valence-corrected chi connectivity index (χ4v) is 2.22. The summed E-state index contributed by atoms with van der Waals surface area (Å²) in [4.78, 5) is 12.8. The van der Waals surface area contributed by atoms with Crippen LogP contribution < -0.4 is 4.90 Å². The topological polar surface area (TPSA) is 143 Å². The Bertz CT molecular complexity index is 391. The Kier molecular flexibility index (Phi) is 9.66. The number of nitrogens with zero attached hydrogens (tertiary/aromatic N) is 1. The maximum absolute atomic E-state index is 10.4. The summed E-state index contributed by atoms with van der Waals surface area (Å²) in [7, 11) is -4.09. The molecule has 1 heterocycles. The van der Waals surface area contributed by atoms with Crippen LogP contribution in [0.1, 0.15) is 6.92 Å². The van der Waals surface area contributed by atoms with Crippen molar-refractivity contribution in [3.05, 3.63) is 0 Å². The molecule has 0 aromatic carbocycles. The highest BCUT2D eigenvalue weighted by Gasteiger charge is 2.19. The van der Waals surface area contributed by atoms with Crippen LogP contribution in [0.4, 0.5) is 0 Å². The van der Waals surface area contributed by atoms with Gasteiger partial charge in [0, 0.05) is 19.6 Å². The van der Waals surface area contributed by atoms with Gasteiger partial charge in [-0.05, 0) is 6.92 Å². The maximum atomic E-state index is 10.4. The highest BCUT2D eigenvalue weighted by Crippen LogP contribution is 1.91. The summed E-state index contributed by atoms with van der Waals surface area (Å²) >= 11 is 0. The van der Waals surface area contributed by atoms with E-state index in [0.29, 0.717) is 6.54 Å². The second-order valence-corrected chi connectivity index (χ2v) is 6.36. The van der Waals surface area contributed by atoms with Crippen LogP contribution in [-0.2, 0) is 14.9 Å². The monoisotopic (exact) mass is 328 g/mol. The van der Waals surface area contributed by atoms with Crippen LogP contribution in [0.25, 0.3) is 0 Å². The largest absolute Gasteiger partial charge is 0.748 e. The van der Waals surface area contributed by atoms with E-state index in [-0.39, 0.29) is 12.4 Å². The first kappa shape index (κ1) is 20.2. The molecule has 0 amide bonds. The number of carboxylic acid groups (broad SMARTS) is 1. The SMILES string of the molecule is CC(O)C(=O)O.O=S(=O)([O-])CCN1CC[NH+](CCO)CC1. The number of aliphatic hydroxyl groups excluding tert-OH is 2. The second-order valence-electron chi connectivity index (χ2n) is 4.84. The Labute approximate surface area is 124 Å². The van der Waals surface area contributed by atoms with Crippen molar-refractivity contribution in [1.29, 1.82) is 0 Å². The van der Waals surface area contributed by atoms with E-state index in [1.165, 1.54) is 11.8 Å². The number of hydrogen-bond donors (Lipinski definition) is 4. The molecule has 126 valence electrons. The van der Waals surface area contributed by atoms with Gasteiger partial charge in [-0.15, -0.1) is 0 Å². The molecule has 1 fully saturated rings. The second kappa shape index (κ2) is 10.0. The van der Waals surface area contributed by atoms with E-state index in [2.05, 4.69) is 0 Å². The molecule has 21 heavy (non-hydrogen) atoms. The third-order valence-corrected chi connectivity index (χ3v) is 3.73. The van der Waals surface area contributed by atoms with E-state index in [9.17, 15) is 17.8 Å². The van der Waals surface area contributed by atoms with Crippen molar-refractivity contribution in [1.82, 2.24) is 4.90 Å². The Hall–Kier alpha value is -0.780. The van der Waals surface area contributed by atoms with Crippen LogP contribution in [0.3, 0.4) is 0 Å². The van der Waals surface area contributed by atoms with E-state index in [0.717, 1.165) is 32.7 Å². The molecular weight excluding hydrogens is 304 g/mol. The highest BCUT2D eigenvalue weighted by molar-refractivity contribution is 7.85. The van der Waals surface area contributed by atoms with Gasteiger partial charge in [-0.25, -0.2) is 13.2 Å².